The minimum atomic E-state index is -0.694. The Morgan fingerprint density at radius 2 is 2.05 bits per heavy atom. The predicted octanol–water partition coefficient (Wildman–Crippen LogP) is 2.61. The molecule has 0 radical (unpaired) electrons. The van der Waals surface area contributed by atoms with Crippen LogP contribution in [0.2, 0.25) is 0 Å². The number of amides is 1. The van der Waals surface area contributed by atoms with Gasteiger partial charge in [0.15, 0.2) is 0 Å². The third-order valence-electron chi connectivity index (χ3n) is 4.16. The molecule has 1 fully saturated rings. The van der Waals surface area contributed by atoms with Crippen LogP contribution >= 0.6 is 11.8 Å². The Labute approximate surface area is 131 Å². The highest BCUT2D eigenvalue weighted by atomic mass is 32.2. The fourth-order valence-electron chi connectivity index (χ4n) is 2.65. The van der Waals surface area contributed by atoms with Crippen molar-refractivity contribution >= 4 is 17.7 Å². The number of carbonyl (C=O) groups is 1. The summed E-state index contributed by atoms with van der Waals surface area (Å²) < 4.78 is 0. The van der Waals surface area contributed by atoms with Crippen LogP contribution in [0.5, 0.6) is 0 Å². The summed E-state index contributed by atoms with van der Waals surface area (Å²) in [5.41, 5.74) is 3.02. The van der Waals surface area contributed by atoms with Crippen molar-refractivity contribution < 1.29 is 9.90 Å². The first kappa shape index (κ1) is 16.4. The van der Waals surface area contributed by atoms with Crippen LogP contribution in [-0.4, -0.2) is 34.7 Å². The van der Waals surface area contributed by atoms with Gasteiger partial charge in [-0.1, -0.05) is 23.8 Å². The zero-order chi connectivity index (χ0) is 15.3. The number of thioether (sulfide) groups is 1. The van der Waals surface area contributed by atoms with Crippen LogP contribution in [0.3, 0.4) is 0 Å². The van der Waals surface area contributed by atoms with E-state index in [4.69, 9.17) is 0 Å². The van der Waals surface area contributed by atoms with Crippen molar-refractivity contribution in [3.63, 3.8) is 0 Å². The first-order valence-electron chi connectivity index (χ1n) is 7.61. The van der Waals surface area contributed by atoms with Crippen molar-refractivity contribution in [2.45, 2.75) is 45.1 Å². The Balaban J connectivity index is 1.77. The van der Waals surface area contributed by atoms with Gasteiger partial charge in [0, 0.05) is 13.0 Å². The van der Waals surface area contributed by atoms with Crippen molar-refractivity contribution in [2.75, 3.05) is 18.1 Å². The molecule has 1 aromatic rings. The highest BCUT2D eigenvalue weighted by Gasteiger charge is 2.29. The average Bonchev–Trinajstić information content (AvgIpc) is 2.45. The molecule has 0 bridgehead atoms. The lowest BCUT2D eigenvalue weighted by Crippen LogP contribution is -2.45. The number of aryl methyl sites for hydroxylation is 3. The number of carbonyl (C=O) groups excluding carboxylic acids is 1. The molecule has 1 amide bonds. The summed E-state index contributed by atoms with van der Waals surface area (Å²) in [4.78, 5) is 12.0. The lowest BCUT2D eigenvalue weighted by molar-refractivity contribution is -0.122. The van der Waals surface area contributed by atoms with E-state index < -0.39 is 5.60 Å². The second-order valence-corrected chi connectivity index (χ2v) is 7.27. The number of nitrogens with one attached hydrogen (secondary N) is 1. The van der Waals surface area contributed by atoms with Crippen LogP contribution in [0.15, 0.2) is 18.2 Å². The normalized spacial score (nSPS) is 17.5. The van der Waals surface area contributed by atoms with Crippen LogP contribution in [0.25, 0.3) is 0 Å². The topological polar surface area (TPSA) is 49.3 Å². The molecular weight excluding hydrogens is 282 g/mol. The highest BCUT2D eigenvalue weighted by molar-refractivity contribution is 7.99. The van der Waals surface area contributed by atoms with Crippen molar-refractivity contribution in [2.24, 2.45) is 0 Å². The Morgan fingerprint density at radius 3 is 2.71 bits per heavy atom. The van der Waals surface area contributed by atoms with Gasteiger partial charge in [-0.3, -0.25) is 4.79 Å². The van der Waals surface area contributed by atoms with Gasteiger partial charge >= 0.3 is 0 Å². The van der Waals surface area contributed by atoms with E-state index in [0.717, 1.165) is 30.8 Å². The summed E-state index contributed by atoms with van der Waals surface area (Å²) >= 11 is 1.87. The lowest BCUT2D eigenvalue weighted by atomic mass is 9.96. The van der Waals surface area contributed by atoms with Gasteiger partial charge in [0.25, 0.3) is 0 Å². The first-order valence-corrected chi connectivity index (χ1v) is 8.77. The van der Waals surface area contributed by atoms with Gasteiger partial charge in [0.1, 0.15) is 0 Å². The lowest BCUT2D eigenvalue weighted by Gasteiger charge is -2.31. The number of benzene rings is 1. The quantitative estimate of drug-likeness (QED) is 0.879. The van der Waals surface area contributed by atoms with Gasteiger partial charge < -0.3 is 10.4 Å². The third kappa shape index (κ3) is 5.04. The minimum absolute atomic E-state index is 0.0293. The van der Waals surface area contributed by atoms with Crippen LogP contribution < -0.4 is 5.32 Å². The molecule has 1 aromatic carbocycles. The number of hydrogen-bond acceptors (Lipinski definition) is 3. The predicted molar refractivity (Wildman–Crippen MR) is 88.8 cm³/mol. The summed E-state index contributed by atoms with van der Waals surface area (Å²) in [6, 6.07) is 6.34. The van der Waals surface area contributed by atoms with Crippen molar-refractivity contribution in [3.05, 3.63) is 34.9 Å². The number of aliphatic hydroxyl groups is 1. The van der Waals surface area contributed by atoms with Crippen molar-refractivity contribution in [1.29, 1.82) is 0 Å². The molecule has 1 aliphatic rings. The molecule has 1 heterocycles. The summed E-state index contributed by atoms with van der Waals surface area (Å²) in [6.07, 6.45) is 2.78. The smallest absolute Gasteiger partial charge is 0.220 e. The van der Waals surface area contributed by atoms with E-state index in [9.17, 15) is 9.90 Å². The van der Waals surface area contributed by atoms with Crippen LogP contribution in [0, 0.1) is 13.8 Å². The largest absolute Gasteiger partial charge is 0.388 e. The van der Waals surface area contributed by atoms with Gasteiger partial charge in [-0.25, -0.2) is 0 Å². The minimum Gasteiger partial charge on any atom is -0.388 e. The van der Waals surface area contributed by atoms with Gasteiger partial charge in [-0.05, 0) is 55.7 Å². The van der Waals surface area contributed by atoms with Gasteiger partial charge in [0.05, 0.1) is 5.60 Å². The fourth-order valence-corrected chi connectivity index (χ4v) is 3.91. The standard InChI is InChI=1S/C17H25NO2S/c1-13-3-4-15(14(2)11-13)5-6-16(19)18-12-17(20)7-9-21-10-8-17/h3-4,11,20H,5-10,12H2,1-2H3,(H,18,19). The number of hydrogen-bond donors (Lipinski definition) is 2. The third-order valence-corrected chi connectivity index (χ3v) is 5.14. The molecule has 0 saturated carbocycles. The van der Waals surface area contributed by atoms with Gasteiger partial charge in [0.2, 0.25) is 5.91 Å². The molecule has 0 aromatic heterocycles. The molecule has 21 heavy (non-hydrogen) atoms. The Morgan fingerprint density at radius 1 is 1.33 bits per heavy atom. The SMILES string of the molecule is Cc1ccc(CCC(=O)NCC2(O)CCSCC2)c(C)c1. The molecule has 1 saturated heterocycles. The number of rotatable bonds is 5. The van der Waals surface area contributed by atoms with E-state index in [1.54, 1.807) is 0 Å². The molecule has 3 nitrogen and oxygen atoms in total. The van der Waals surface area contributed by atoms with Crippen molar-refractivity contribution in [3.8, 4) is 0 Å². The van der Waals surface area contributed by atoms with Crippen molar-refractivity contribution in [1.82, 2.24) is 5.32 Å². The van der Waals surface area contributed by atoms with Gasteiger partial charge in [-0.2, -0.15) is 11.8 Å². The van der Waals surface area contributed by atoms with E-state index in [1.165, 1.54) is 16.7 Å². The second-order valence-electron chi connectivity index (χ2n) is 6.04. The summed E-state index contributed by atoms with van der Waals surface area (Å²) in [6.45, 7) is 4.55. The first-order chi connectivity index (χ1) is 9.98. The molecular formula is C17H25NO2S. The maximum atomic E-state index is 12.0. The van der Waals surface area contributed by atoms with Crippen LogP contribution in [0.1, 0.15) is 36.0 Å². The van der Waals surface area contributed by atoms with E-state index in [2.05, 4.69) is 37.4 Å². The van der Waals surface area contributed by atoms with Gasteiger partial charge in [-0.15, -0.1) is 0 Å². The molecule has 2 rings (SSSR count). The molecule has 0 unspecified atom stereocenters. The van der Waals surface area contributed by atoms with Crippen LogP contribution in [-0.2, 0) is 11.2 Å². The Kier molecular flexibility index (Phi) is 5.71. The summed E-state index contributed by atoms with van der Waals surface area (Å²) in [5, 5.41) is 13.2. The fraction of sp³-hybridized carbons (Fsp3) is 0.588. The maximum absolute atomic E-state index is 12.0. The summed E-state index contributed by atoms with van der Waals surface area (Å²) in [5.74, 6) is 1.99. The monoisotopic (exact) mass is 307 g/mol. The molecule has 116 valence electrons. The zero-order valence-corrected chi connectivity index (χ0v) is 13.8. The molecule has 0 aliphatic carbocycles. The molecule has 4 heteroatoms. The maximum Gasteiger partial charge on any atom is 0.220 e. The Bertz CT molecular complexity index is 496. The molecule has 1 aliphatic heterocycles. The second kappa shape index (κ2) is 7.32. The van der Waals surface area contributed by atoms with Crippen LogP contribution in [0.4, 0.5) is 0 Å². The van der Waals surface area contributed by atoms with E-state index >= 15 is 0 Å². The van der Waals surface area contributed by atoms with E-state index in [0.29, 0.717) is 13.0 Å². The van der Waals surface area contributed by atoms with E-state index in [1.807, 2.05) is 11.8 Å². The Hall–Kier alpha value is -1.00. The molecule has 0 spiro atoms. The summed E-state index contributed by atoms with van der Waals surface area (Å²) in [7, 11) is 0. The molecule has 2 N–H and O–H groups in total. The highest BCUT2D eigenvalue weighted by Crippen LogP contribution is 2.26. The zero-order valence-electron chi connectivity index (χ0n) is 12.9. The average molecular weight is 307 g/mol. The van der Waals surface area contributed by atoms with E-state index in [-0.39, 0.29) is 5.91 Å². The molecule has 0 atom stereocenters.